The van der Waals surface area contributed by atoms with Crippen LogP contribution < -0.4 is 5.32 Å². The third-order valence-corrected chi connectivity index (χ3v) is 3.83. The van der Waals surface area contributed by atoms with Crippen LogP contribution in [0.1, 0.15) is 34.6 Å². The molecule has 0 aliphatic heterocycles. The number of hydrogen-bond acceptors (Lipinski definition) is 3. The van der Waals surface area contributed by atoms with Crippen molar-refractivity contribution in [3.05, 3.63) is 65.7 Å². The summed E-state index contributed by atoms with van der Waals surface area (Å²) in [5, 5.41) is 11.4. The number of nitrogens with one attached hydrogen (secondary N) is 1. The second-order valence-electron chi connectivity index (χ2n) is 5.53. The maximum atomic E-state index is 12.2. The average molecular weight is 309 g/mol. The van der Waals surface area contributed by atoms with Crippen LogP contribution in [0.2, 0.25) is 0 Å². The molecule has 0 saturated heterocycles. The molecule has 2 aromatic heterocycles. The number of aromatic nitrogens is 4. The van der Waals surface area contributed by atoms with E-state index >= 15 is 0 Å². The number of hydrogen-bond donors (Lipinski definition) is 1. The predicted octanol–water partition coefficient (Wildman–Crippen LogP) is 2.41. The van der Waals surface area contributed by atoms with Crippen LogP contribution in [0, 0.1) is 6.92 Å². The minimum absolute atomic E-state index is 0.139. The molecular formula is C17H19N5O. The SMILES string of the molecule is Cc1c([C@H](C)NC(=O)c2cnn(C)c2)cnn1-c1ccccc1. The lowest BCUT2D eigenvalue weighted by atomic mass is 10.1. The normalized spacial score (nSPS) is 12.1. The molecule has 1 amide bonds. The summed E-state index contributed by atoms with van der Waals surface area (Å²) in [7, 11) is 1.79. The van der Waals surface area contributed by atoms with Gasteiger partial charge in [0.2, 0.25) is 0 Å². The summed E-state index contributed by atoms with van der Waals surface area (Å²) in [6, 6.07) is 9.79. The Morgan fingerprint density at radius 1 is 1.17 bits per heavy atom. The summed E-state index contributed by atoms with van der Waals surface area (Å²) in [4.78, 5) is 12.2. The number of aryl methyl sites for hydroxylation is 1. The van der Waals surface area contributed by atoms with Crippen LogP contribution in [0.25, 0.3) is 5.69 Å². The van der Waals surface area contributed by atoms with Gasteiger partial charge < -0.3 is 5.32 Å². The quantitative estimate of drug-likeness (QED) is 0.805. The van der Waals surface area contributed by atoms with Gasteiger partial charge in [0.05, 0.1) is 29.7 Å². The van der Waals surface area contributed by atoms with E-state index in [-0.39, 0.29) is 11.9 Å². The second kappa shape index (κ2) is 6.08. The number of nitrogens with zero attached hydrogens (tertiary/aromatic N) is 4. The fraction of sp³-hybridized carbons (Fsp3) is 0.235. The van der Waals surface area contributed by atoms with E-state index < -0.39 is 0 Å². The second-order valence-corrected chi connectivity index (χ2v) is 5.53. The third kappa shape index (κ3) is 3.01. The Balaban J connectivity index is 1.79. The van der Waals surface area contributed by atoms with Gasteiger partial charge in [-0.1, -0.05) is 18.2 Å². The van der Waals surface area contributed by atoms with Crippen LogP contribution in [0.4, 0.5) is 0 Å². The monoisotopic (exact) mass is 309 g/mol. The highest BCUT2D eigenvalue weighted by atomic mass is 16.1. The van der Waals surface area contributed by atoms with Crippen molar-refractivity contribution in [2.24, 2.45) is 7.05 Å². The summed E-state index contributed by atoms with van der Waals surface area (Å²) in [6.45, 7) is 3.95. The zero-order chi connectivity index (χ0) is 16.4. The molecule has 3 rings (SSSR count). The van der Waals surface area contributed by atoms with Gasteiger partial charge in [-0.25, -0.2) is 4.68 Å². The fourth-order valence-electron chi connectivity index (χ4n) is 2.57. The summed E-state index contributed by atoms with van der Waals surface area (Å²) in [5.74, 6) is -0.141. The van der Waals surface area contributed by atoms with Gasteiger partial charge in [-0.2, -0.15) is 10.2 Å². The van der Waals surface area contributed by atoms with E-state index in [1.54, 1.807) is 30.3 Å². The van der Waals surface area contributed by atoms with E-state index in [0.717, 1.165) is 16.9 Å². The molecule has 0 spiro atoms. The van der Waals surface area contributed by atoms with Crippen molar-refractivity contribution in [2.45, 2.75) is 19.9 Å². The van der Waals surface area contributed by atoms with Crippen LogP contribution in [0.15, 0.2) is 48.9 Å². The van der Waals surface area contributed by atoms with Crippen molar-refractivity contribution in [3.63, 3.8) is 0 Å². The molecule has 0 unspecified atom stereocenters. The van der Waals surface area contributed by atoms with Crippen molar-refractivity contribution in [2.75, 3.05) is 0 Å². The summed E-state index contributed by atoms with van der Waals surface area (Å²) in [5.41, 5.74) is 3.55. The van der Waals surface area contributed by atoms with E-state index in [4.69, 9.17) is 0 Å². The van der Waals surface area contributed by atoms with Gasteiger partial charge in [-0.3, -0.25) is 9.48 Å². The molecule has 0 aliphatic carbocycles. The van der Waals surface area contributed by atoms with Gasteiger partial charge in [-0.05, 0) is 26.0 Å². The molecular weight excluding hydrogens is 290 g/mol. The number of amides is 1. The molecule has 0 saturated carbocycles. The minimum atomic E-state index is -0.141. The minimum Gasteiger partial charge on any atom is -0.345 e. The number of carbonyl (C=O) groups is 1. The molecule has 0 aliphatic rings. The van der Waals surface area contributed by atoms with Crippen LogP contribution >= 0.6 is 0 Å². The van der Waals surface area contributed by atoms with Crippen molar-refractivity contribution >= 4 is 5.91 Å². The standard InChI is InChI=1S/C17H19N5O/c1-12(20-17(23)14-9-18-21(3)11-14)16-10-19-22(13(16)2)15-7-5-4-6-8-15/h4-12H,1-3H3,(H,20,23)/t12-/m0/s1. The Morgan fingerprint density at radius 2 is 1.91 bits per heavy atom. The van der Waals surface area contributed by atoms with Gasteiger partial charge in [0.15, 0.2) is 0 Å². The lowest BCUT2D eigenvalue weighted by Crippen LogP contribution is -2.26. The van der Waals surface area contributed by atoms with Crippen LogP contribution in [0.5, 0.6) is 0 Å². The van der Waals surface area contributed by atoms with E-state index in [0.29, 0.717) is 5.56 Å². The third-order valence-electron chi connectivity index (χ3n) is 3.83. The largest absolute Gasteiger partial charge is 0.345 e. The highest BCUT2D eigenvalue weighted by Crippen LogP contribution is 2.20. The van der Waals surface area contributed by atoms with Crippen molar-refractivity contribution in [1.29, 1.82) is 0 Å². The first-order valence-electron chi connectivity index (χ1n) is 7.45. The van der Waals surface area contributed by atoms with Gasteiger partial charge in [-0.15, -0.1) is 0 Å². The first-order chi connectivity index (χ1) is 11.1. The molecule has 0 radical (unpaired) electrons. The van der Waals surface area contributed by atoms with E-state index in [2.05, 4.69) is 15.5 Å². The molecule has 0 bridgehead atoms. The zero-order valence-corrected chi connectivity index (χ0v) is 13.4. The predicted molar refractivity (Wildman–Crippen MR) is 87.4 cm³/mol. The molecule has 1 aromatic carbocycles. The number of rotatable bonds is 4. The summed E-state index contributed by atoms with van der Waals surface area (Å²) >= 11 is 0. The fourth-order valence-corrected chi connectivity index (χ4v) is 2.57. The number of carbonyl (C=O) groups excluding carboxylic acids is 1. The molecule has 23 heavy (non-hydrogen) atoms. The molecule has 0 fully saturated rings. The first kappa shape index (κ1) is 15.0. The van der Waals surface area contributed by atoms with Gasteiger partial charge in [0.25, 0.3) is 5.91 Å². The van der Waals surface area contributed by atoms with Crippen LogP contribution in [-0.2, 0) is 7.05 Å². The molecule has 2 heterocycles. The van der Waals surface area contributed by atoms with Crippen molar-refractivity contribution in [1.82, 2.24) is 24.9 Å². The maximum absolute atomic E-state index is 12.2. The van der Waals surface area contributed by atoms with Gasteiger partial charge in [0, 0.05) is 24.5 Å². The first-order valence-corrected chi connectivity index (χ1v) is 7.45. The number of benzene rings is 1. The van der Waals surface area contributed by atoms with Gasteiger partial charge in [0.1, 0.15) is 0 Å². The Bertz CT molecular complexity index is 819. The molecule has 3 aromatic rings. The molecule has 6 nitrogen and oxygen atoms in total. The van der Waals surface area contributed by atoms with E-state index in [1.165, 1.54) is 0 Å². The van der Waals surface area contributed by atoms with Crippen molar-refractivity contribution in [3.8, 4) is 5.69 Å². The Morgan fingerprint density at radius 3 is 2.57 bits per heavy atom. The molecule has 1 atom stereocenters. The van der Waals surface area contributed by atoms with Crippen molar-refractivity contribution < 1.29 is 4.79 Å². The molecule has 6 heteroatoms. The smallest absolute Gasteiger partial charge is 0.254 e. The van der Waals surface area contributed by atoms with E-state index in [1.807, 2.05) is 48.9 Å². The topological polar surface area (TPSA) is 64.7 Å². The Labute approximate surface area is 134 Å². The Hall–Kier alpha value is -2.89. The lowest BCUT2D eigenvalue weighted by Gasteiger charge is -2.13. The highest BCUT2D eigenvalue weighted by molar-refractivity contribution is 5.93. The van der Waals surface area contributed by atoms with E-state index in [9.17, 15) is 4.79 Å². The van der Waals surface area contributed by atoms with Crippen LogP contribution in [0.3, 0.4) is 0 Å². The maximum Gasteiger partial charge on any atom is 0.254 e. The summed E-state index contributed by atoms with van der Waals surface area (Å²) < 4.78 is 3.49. The average Bonchev–Trinajstić information content (AvgIpc) is 3.14. The van der Waals surface area contributed by atoms with Crippen LogP contribution in [-0.4, -0.2) is 25.5 Å². The number of para-hydroxylation sites is 1. The Kier molecular flexibility index (Phi) is 3.97. The lowest BCUT2D eigenvalue weighted by molar-refractivity contribution is 0.0939. The molecule has 118 valence electrons. The summed E-state index contributed by atoms with van der Waals surface area (Å²) in [6.07, 6.45) is 5.06. The van der Waals surface area contributed by atoms with Gasteiger partial charge >= 0.3 is 0 Å². The highest BCUT2D eigenvalue weighted by Gasteiger charge is 2.17. The zero-order valence-electron chi connectivity index (χ0n) is 13.4. The molecule has 1 N–H and O–H groups in total.